The molecule has 0 radical (unpaired) electrons. The fourth-order valence-electron chi connectivity index (χ4n) is 4.53. The van der Waals surface area contributed by atoms with Gasteiger partial charge in [-0.15, -0.1) is 0 Å². The molecule has 1 saturated heterocycles. The smallest absolute Gasteiger partial charge is 0.423 e. The highest BCUT2D eigenvalue weighted by atomic mass is 19.4. The Labute approximate surface area is 213 Å². The van der Waals surface area contributed by atoms with E-state index in [-0.39, 0.29) is 23.8 Å². The number of nitrogens with zero attached hydrogens (tertiary/aromatic N) is 5. The number of rotatable bonds is 6. The first kappa shape index (κ1) is 27.2. The highest BCUT2D eigenvalue weighted by molar-refractivity contribution is 5.99. The summed E-state index contributed by atoms with van der Waals surface area (Å²) in [6.07, 6.45) is -3.21. The second-order valence-electron chi connectivity index (χ2n) is 9.11. The summed E-state index contributed by atoms with van der Waals surface area (Å²) in [6, 6.07) is 4.64. The van der Waals surface area contributed by atoms with E-state index >= 15 is 0 Å². The molecule has 38 heavy (non-hydrogen) atoms. The molecule has 14 heteroatoms. The van der Waals surface area contributed by atoms with Gasteiger partial charge in [0, 0.05) is 38.0 Å². The van der Waals surface area contributed by atoms with Crippen LogP contribution in [0.4, 0.5) is 32.3 Å². The molecular weight excluding hydrogens is 518 g/mol. The van der Waals surface area contributed by atoms with Crippen LogP contribution in [0.2, 0.25) is 0 Å². The van der Waals surface area contributed by atoms with Crippen molar-refractivity contribution < 1.29 is 35.9 Å². The number of hydrogen-bond acceptors (Lipinski definition) is 6. The molecule has 0 saturated carbocycles. The molecule has 1 fully saturated rings. The van der Waals surface area contributed by atoms with E-state index in [1.165, 1.54) is 29.1 Å². The number of amides is 1. The van der Waals surface area contributed by atoms with Crippen molar-refractivity contribution in [2.45, 2.75) is 31.5 Å². The molecule has 204 valence electrons. The highest BCUT2D eigenvalue weighted by Crippen LogP contribution is 2.37. The number of methoxy groups -OCH3 is 1. The zero-order chi connectivity index (χ0) is 27.8. The van der Waals surface area contributed by atoms with E-state index in [2.05, 4.69) is 20.4 Å². The van der Waals surface area contributed by atoms with Crippen molar-refractivity contribution in [1.29, 1.82) is 0 Å². The van der Waals surface area contributed by atoms with Crippen molar-refractivity contribution in [3.05, 3.63) is 53.7 Å². The minimum absolute atomic E-state index is 0.138. The average molecular weight is 542 g/mol. The molecule has 3 aromatic rings. The molecule has 0 aliphatic carbocycles. The second kappa shape index (κ2) is 10.1. The summed E-state index contributed by atoms with van der Waals surface area (Å²) in [5.74, 6) is -6.18. The Balaban J connectivity index is 1.63. The minimum Gasteiger partial charge on any atom is -0.480 e. The lowest BCUT2D eigenvalue weighted by Crippen LogP contribution is -2.57. The van der Waals surface area contributed by atoms with Gasteiger partial charge in [-0.2, -0.15) is 23.3 Å². The number of carbonyl (C=O) groups excluding carboxylic acids is 1. The fourth-order valence-corrected chi connectivity index (χ4v) is 4.53. The van der Waals surface area contributed by atoms with Crippen LogP contribution in [0.15, 0.2) is 36.7 Å². The summed E-state index contributed by atoms with van der Waals surface area (Å²) in [6.45, 7) is 0.498. The van der Waals surface area contributed by atoms with Gasteiger partial charge in [0.05, 0.1) is 19.7 Å². The van der Waals surface area contributed by atoms with E-state index in [0.717, 1.165) is 12.0 Å². The number of hydrogen-bond donors (Lipinski definition) is 1. The number of anilines is 1. The molecule has 2 unspecified atom stereocenters. The van der Waals surface area contributed by atoms with Gasteiger partial charge in [-0.1, -0.05) is 19.1 Å². The standard InChI is InChI=1S/C24H24F6N6O2/c1-13-8-23(26,27)12-36(18(13)10-32-22-31-9-17(24(28,29)30)20(33-22)38-3)21(37)19-16(11-35(2)34-19)14-5-4-6-15(25)7-14/h4-7,9,11,13,18H,8,10,12H2,1-3H3,(H,31,32,33). The number of carbonyl (C=O) groups is 1. The number of aryl methyl sites for hydroxylation is 1. The lowest BCUT2D eigenvalue weighted by Gasteiger charge is -2.43. The normalized spacial score (nSPS) is 19.3. The lowest BCUT2D eigenvalue weighted by molar-refractivity contribution is -0.139. The predicted octanol–water partition coefficient (Wildman–Crippen LogP) is 4.64. The number of alkyl halides is 5. The summed E-state index contributed by atoms with van der Waals surface area (Å²) in [5.41, 5.74) is -0.701. The number of likely N-dealkylation sites (tertiary alicyclic amines) is 1. The maximum atomic E-state index is 14.6. The third-order valence-corrected chi connectivity index (χ3v) is 6.23. The van der Waals surface area contributed by atoms with Crippen LogP contribution in [0, 0.1) is 11.7 Å². The van der Waals surface area contributed by atoms with Crippen molar-refractivity contribution in [3.8, 4) is 17.0 Å². The summed E-state index contributed by atoms with van der Waals surface area (Å²) in [7, 11) is 2.57. The Hall–Kier alpha value is -3.84. The van der Waals surface area contributed by atoms with E-state index in [0.29, 0.717) is 11.8 Å². The Kier molecular flexibility index (Phi) is 7.26. The topological polar surface area (TPSA) is 85.2 Å². The molecule has 1 aromatic carbocycles. The van der Waals surface area contributed by atoms with Crippen molar-refractivity contribution in [2.75, 3.05) is 25.5 Å². The number of halogens is 6. The first-order chi connectivity index (χ1) is 17.8. The number of ether oxygens (including phenoxy) is 1. The first-order valence-electron chi connectivity index (χ1n) is 11.5. The van der Waals surface area contributed by atoms with Gasteiger partial charge in [0.2, 0.25) is 11.8 Å². The molecule has 1 aliphatic rings. The maximum absolute atomic E-state index is 14.6. The summed E-state index contributed by atoms with van der Waals surface area (Å²) in [5, 5.41) is 6.90. The molecule has 2 aromatic heterocycles. The number of aromatic nitrogens is 4. The predicted molar refractivity (Wildman–Crippen MR) is 124 cm³/mol. The zero-order valence-electron chi connectivity index (χ0n) is 20.6. The Morgan fingerprint density at radius 2 is 2.03 bits per heavy atom. The molecule has 3 heterocycles. The monoisotopic (exact) mass is 542 g/mol. The largest absolute Gasteiger partial charge is 0.480 e. The Morgan fingerprint density at radius 3 is 2.68 bits per heavy atom. The molecule has 0 bridgehead atoms. The third kappa shape index (κ3) is 5.68. The van der Waals surface area contributed by atoms with Crippen molar-refractivity contribution in [1.82, 2.24) is 24.6 Å². The number of nitrogens with one attached hydrogen (secondary N) is 1. The van der Waals surface area contributed by atoms with Crippen LogP contribution >= 0.6 is 0 Å². The van der Waals surface area contributed by atoms with Crippen molar-refractivity contribution in [2.24, 2.45) is 13.0 Å². The second-order valence-corrected chi connectivity index (χ2v) is 9.11. The van der Waals surface area contributed by atoms with Gasteiger partial charge in [-0.05, 0) is 23.6 Å². The Bertz CT molecular complexity index is 1330. The third-order valence-electron chi connectivity index (χ3n) is 6.23. The van der Waals surface area contributed by atoms with E-state index < -0.39 is 60.2 Å². The van der Waals surface area contributed by atoms with E-state index in [9.17, 15) is 31.1 Å². The molecule has 1 N–H and O–H groups in total. The molecule has 2 atom stereocenters. The van der Waals surface area contributed by atoms with Gasteiger partial charge >= 0.3 is 6.18 Å². The zero-order valence-corrected chi connectivity index (χ0v) is 20.6. The van der Waals surface area contributed by atoms with Gasteiger partial charge in [-0.25, -0.2) is 18.2 Å². The number of benzene rings is 1. The van der Waals surface area contributed by atoms with Crippen LogP contribution < -0.4 is 10.1 Å². The van der Waals surface area contributed by atoms with Crippen LogP contribution in [-0.4, -0.2) is 62.7 Å². The number of piperidine rings is 1. The fraction of sp³-hybridized carbons (Fsp3) is 0.417. The molecule has 1 amide bonds. The van der Waals surface area contributed by atoms with Gasteiger partial charge in [0.25, 0.3) is 11.8 Å². The summed E-state index contributed by atoms with van der Waals surface area (Å²) >= 11 is 0. The van der Waals surface area contributed by atoms with Crippen LogP contribution in [-0.2, 0) is 13.2 Å². The van der Waals surface area contributed by atoms with Crippen molar-refractivity contribution in [3.63, 3.8) is 0 Å². The van der Waals surface area contributed by atoms with E-state index in [1.54, 1.807) is 20.0 Å². The Morgan fingerprint density at radius 1 is 1.29 bits per heavy atom. The first-order valence-corrected chi connectivity index (χ1v) is 11.5. The lowest BCUT2D eigenvalue weighted by atomic mass is 9.88. The highest BCUT2D eigenvalue weighted by Gasteiger charge is 2.47. The SMILES string of the molecule is COc1nc(NCC2C(C)CC(F)(F)CN2C(=O)c2nn(C)cc2-c2cccc(F)c2)ncc1C(F)(F)F. The quantitative estimate of drug-likeness (QED) is 0.457. The molecule has 8 nitrogen and oxygen atoms in total. The molecule has 1 aliphatic heterocycles. The van der Waals surface area contributed by atoms with Crippen LogP contribution in [0.1, 0.15) is 29.4 Å². The van der Waals surface area contributed by atoms with E-state index in [1.807, 2.05) is 0 Å². The van der Waals surface area contributed by atoms with E-state index in [4.69, 9.17) is 4.74 Å². The molecular formula is C24H24F6N6O2. The van der Waals surface area contributed by atoms with Crippen LogP contribution in [0.25, 0.3) is 11.1 Å². The molecule has 0 spiro atoms. The van der Waals surface area contributed by atoms with Crippen LogP contribution in [0.3, 0.4) is 0 Å². The average Bonchev–Trinajstić information content (AvgIpc) is 3.23. The molecule has 4 rings (SSSR count). The maximum Gasteiger partial charge on any atom is 0.423 e. The van der Waals surface area contributed by atoms with Crippen molar-refractivity contribution >= 4 is 11.9 Å². The van der Waals surface area contributed by atoms with Gasteiger partial charge in [0.1, 0.15) is 11.4 Å². The van der Waals surface area contributed by atoms with Gasteiger partial charge < -0.3 is 15.0 Å². The minimum atomic E-state index is -4.74. The summed E-state index contributed by atoms with van der Waals surface area (Å²) < 4.78 is 88.5. The van der Waals surface area contributed by atoms with Crippen LogP contribution in [0.5, 0.6) is 5.88 Å². The summed E-state index contributed by atoms with van der Waals surface area (Å²) in [4.78, 5) is 22.0. The van der Waals surface area contributed by atoms with Gasteiger partial charge in [-0.3, -0.25) is 9.48 Å². The van der Waals surface area contributed by atoms with Gasteiger partial charge in [0.15, 0.2) is 5.69 Å².